The van der Waals surface area contributed by atoms with Gasteiger partial charge >= 0.3 is 0 Å². The van der Waals surface area contributed by atoms with Crippen LogP contribution in [0.2, 0.25) is 0 Å². The Labute approximate surface area is 199 Å². The quantitative estimate of drug-likeness (QED) is 0.434. The lowest BCUT2D eigenvalue weighted by atomic mass is 10.1. The molecule has 3 aromatic heterocycles. The third kappa shape index (κ3) is 4.28. The first-order valence-corrected chi connectivity index (χ1v) is 11.8. The predicted octanol–water partition coefficient (Wildman–Crippen LogP) is 2.64. The Bertz CT molecular complexity index is 1270. The molecule has 178 valence electrons. The van der Waals surface area contributed by atoms with E-state index < -0.39 is 0 Å². The molecule has 4 heterocycles. The van der Waals surface area contributed by atoms with Crippen LogP contribution in [0.4, 0.5) is 17.6 Å². The highest BCUT2D eigenvalue weighted by molar-refractivity contribution is 5.84. The summed E-state index contributed by atoms with van der Waals surface area (Å²) < 4.78 is 3.97. The molecule has 10 nitrogen and oxygen atoms in total. The number of anilines is 3. The first kappa shape index (κ1) is 22.1. The Morgan fingerprint density at radius 1 is 1.12 bits per heavy atom. The van der Waals surface area contributed by atoms with Gasteiger partial charge in [0, 0.05) is 58.6 Å². The van der Waals surface area contributed by atoms with Gasteiger partial charge in [-0.25, -0.2) is 9.67 Å². The minimum Gasteiger partial charge on any atom is -0.364 e. The molecular formula is C24H32N10. The van der Waals surface area contributed by atoms with E-state index in [-0.39, 0.29) is 6.04 Å². The summed E-state index contributed by atoms with van der Waals surface area (Å²) >= 11 is 0. The van der Waals surface area contributed by atoms with E-state index in [0.717, 1.165) is 72.5 Å². The highest BCUT2D eigenvalue weighted by Gasteiger charge is 2.21. The number of fused-ring (bicyclic) bond motifs is 1. The number of hydrogen-bond acceptors (Lipinski definition) is 8. The fourth-order valence-electron chi connectivity index (χ4n) is 4.28. The Hall–Kier alpha value is -3.66. The topological polar surface area (TPSA) is 106 Å². The number of para-hydroxylation sites is 1. The van der Waals surface area contributed by atoms with E-state index in [4.69, 9.17) is 20.8 Å². The molecule has 5 rings (SSSR count). The Balaban J connectivity index is 1.46. The molecule has 1 fully saturated rings. The molecule has 0 atom stereocenters. The van der Waals surface area contributed by atoms with E-state index in [1.807, 2.05) is 54.4 Å². The molecule has 1 aliphatic rings. The van der Waals surface area contributed by atoms with Crippen LogP contribution in [-0.4, -0.2) is 62.5 Å². The summed E-state index contributed by atoms with van der Waals surface area (Å²) in [6, 6.07) is 10.5. The fourth-order valence-corrected chi connectivity index (χ4v) is 4.28. The van der Waals surface area contributed by atoms with Crippen LogP contribution in [0.5, 0.6) is 0 Å². The van der Waals surface area contributed by atoms with Crippen LogP contribution in [-0.2, 0) is 13.1 Å². The predicted molar refractivity (Wildman–Crippen MR) is 136 cm³/mol. The van der Waals surface area contributed by atoms with Gasteiger partial charge in [0.2, 0.25) is 5.95 Å². The molecule has 1 saturated heterocycles. The first-order chi connectivity index (χ1) is 16.5. The molecule has 1 aromatic carbocycles. The van der Waals surface area contributed by atoms with Crippen molar-refractivity contribution in [2.24, 2.45) is 5.73 Å². The lowest BCUT2D eigenvalue weighted by Gasteiger charge is -2.30. The van der Waals surface area contributed by atoms with Gasteiger partial charge < -0.3 is 25.4 Å². The summed E-state index contributed by atoms with van der Waals surface area (Å²) in [6.45, 7) is 5.21. The lowest BCUT2D eigenvalue weighted by Crippen LogP contribution is -2.40. The van der Waals surface area contributed by atoms with Crippen LogP contribution < -0.4 is 20.9 Å². The molecule has 0 amide bonds. The Morgan fingerprint density at radius 3 is 2.65 bits per heavy atom. The summed E-state index contributed by atoms with van der Waals surface area (Å²) in [7, 11) is 3.98. The fraction of sp³-hybridized carbons (Fsp3) is 0.417. The molecule has 1 aliphatic heterocycles. The zero-order valence-electron chi connectivity index (χ0n) is 20.0. The van der Waals surface area contributed by atoms with Crippen molar-refractivity contribution < 1.29 is 0 Å². The minimum atomic E-state index is 0.255. The molecule has 10 heteroatoms. The molecule has 0 saturated carbocycles. The number of aromatic nitrogens is 6. The highest BCUT2D eigenvalue weighted by atomic mass is 15.3. The van der Waals surface area contributed by atoms with Crippen LogP contribution in [0.25, 0.3) is 16.9 Å². The zero-order chi connectivity index (χ0) is 23.7. The van der Waals surface area contributed by atoms with E-state index in [2.05, 4.69) is 38.8 Å². The number of benzene rings is 1. The van der Waals surface area contributed by atoms with Gasteiger partial charge in [0.15, 0.2) is 17.0 Å². The van der Waals surface area contributed by atoms with E-state index in [9.17, 15) is 0 Å². The van der Waals surface area contributed by atoms with Crippen LogP contribution in [0.15, 0.2) is 42.9 Å². The SMILES string of the molecule is CCn1cnc2c(NCc3ccccc3-n3ccc(N(C)C)n3)nc(N3CCC(N)CC3)nc21. The number of nitrogens with one attached hydrogen (secondary N) is 1. The normalized spacial score (nSPS) is 14.6. The van der Waals surface area contributed by atoms with Gasteiger partial charge in [-0.1, -0.05) is 18.2 Å². The molecule has 34 heavy (non-hydrogen) atoms. The molecule has 0 spiro atoms. The van der Waals surface area contributed by atoms with E-state index in [1.54, 1.807) is 0 Å². The van der Waals surface area contributed by atoms with Gasteiger partial charge in [0.1, 0.15) is 5.82 Å². The third-order valence-electron chi connectivity index (χ3n) is 6.33. The standard InChI is InChI=1S/C24H32N10/c1-4-32-16-27-21-22(28-24(29-23(21)32)33-12-9-18(25)10-13-33)26-15-17-7-5-6-8-19(17)34-14-11-20(30-34)31(2)3/h5-8,11,14,16,18H,4,9-10,12-13,15,25H2,1-3H3,(H,26,28,29). The van der Waals surface area contributed by atoms with Crippen molar-refractivity contribution in [3.05, 3.63) is 48.4 Å². The monoisotopic (exact) mass is 460 g/mol. The van der Waals surface area contributed by atoms with Gasteiger partial charge in [-0.2, -0.15) is 15.1 Å². The van der Waals surface area contributed by atoms with Gasteiger partial charge in [0.25, 0.3) is 0 Å². The van der Waals surface area contributed by atoms with Crippen molar-refractivity contribution in [3.63, 3.8) is 0 Å². The highest BCUT2D eigenvalue weighted by Crippen LogP contribution is 2.26. The zero-order valence-corrected chi connectivity index (χ0v) is 20.0. The number of piperidine rings is 1. The smallest absolute Gasteiger partial charge is 0.229 e. The van der Waals surface area contributed by atoms with Crippen LogP contribution in [0.3, 0.4) is 0 Å². The largest absolute Gasteiger partial charge is 0.364 e. The number of nitrogens with two attached hydrogens (primary N) is 1. The van der Waals surface area contributed by atoms with Gasteiger partial charge in [-0.3, -0.25) is 0 Å². The summed E-state index contributed by atoms with van der Waals surface area (Å²) in [5.41, 5.74) is 9.88. The Kier molecular flexibility index (Phi) is 6.06. The number of aryl methyl sites for hydroxylation is 1. The number of hydrogen-bond donors (Lipinski definition) is 2. The number of rotatable bonds is 7. The molecule has 3 N–H and O–H groups in total. The van der Waals surface area contributed by atoms with Crippen molar-refractivity contribution >= 4 is 28.7 Å². The maximum atomic E-state index is 6.11. The average molecular weight is 461 g/mol. The number of nitrogens with zero attached hydrogens (tertiary/aromatic N) is 8. The van der Waals surface area contributed by atoms with E-state index >= 15 is 0 Å². The minimum absolute atomic E-state index is 0.255. The average Bonchev–Trinajstić information content (AvgIpc) is 3.51. The first-order valence-electron chi connectivity index (χ1n) is 11.8. The second kappa shape index (κ2) is 9.30. The molecule has 0 aliphatic carbocycles. The van der Waals surface area contributed by atoms with Crippen molar-refractivity contribution in [3.8, 4) is 5.69 Å². The summed E-state index contributed by atoms with van der Waals surface area (Å²) in [5, 5.41) is 8.24. The molecule has 4 aromatic rings. The van der Waals surface area contributed by atoms with Crippen molar-refractivity contribution in [1.82, 2.24) is 29.3 Å². The summed E-state index contributed by atoms with van der Waals surface area (Å²) in [5.74, 6) is 2.38. The van der Waals surface area contributed by atoms with Gasteiger partial charge in [-0.15, -0.1) is 0 Å². The van der Waals surface area contributed by atoms with Crippen molar-refractivity contribution in [2.45, 2.75) is 38.9 Å². The summed E-state index contributed by atoms with van der Waals surface area (Å²) in [6.07, 6.45) is 5.72. The van der Waals surface area contributed by atoms with Gasteiger partial charge in [0.05, 0.1) is 12.0 Å². The Morgan fingerprint density at radius 2 is 1.91 bits per heavy atom. The summed E-state index contributed by atoms with van der Waals surface area (Å²) in [4.78, 5) is 18.6. The number of imidazole rings is 1. The van der Waals surface area contributed by atoms with E-state index in [1.165, 1.54) is 0 Å². The second-order valence-corrected chi connectivity index (χ2v) is 8.89. The maximum Gasteiger partial charge on any atom is 0.229 e. The van der Waals surface area contributed by atoms with E-state index in [0.29, 0.717) is 6.54 Å². The third-order valence-corrected chi connectivity index (χ3v) is 6.33. The molecule has 0 unspecified atom stereocenters. The molecule has 0 radical (unpaired) electrons. The lowest BCUT2D eigenvalue weighted by molar-refractivity contribution is 0.496. The van der Waals surface area contributed by atoms with Crippen LogP contribution in [0, 0.1) is 0 Å². The maximum absolute atomic E-state index is 6.11. The van der Waals surface area contributed by atoms with Crippen molar-refractivity contribution in [2.75, 3.05) is 42.3 Å². The van der Waals surface area contributed by atoms with Crippen LogP contribution in [0.1, 0.15) is 25.3 Å². The van der Waals surface area contributed by atoms with Gasteiger partial charge in [-0.05, 0) is 31.4 Å². The molecule has 0 bridgehead atoms. The van der Waals surface area contributed by atoms with Crippen LogP contribution >= 0.6 is 0 Å². The molecular weight excluding hydrogens is 428 g/mol. The van der Waals surface area contributed by atoms with Crippen molar-refractivity contribution in [1.29, 1.82) is 0 Å². The second-order valence-electron chi connectivity index (χ2n) is 8.89.